The third kappa shape index (κ3) is 1.63. The molecule has 1 aromatic heterocycles. The third-order valence-corrected chi connectivity index (χ3v) is 3.59. The molecule has 0 N–H and O–H groups in total. The van der Waals surface area contributed by atoms with Crippen molar-refractivity contribution < 1.29 is 0 Å². The minimum atomic E-state index is 1.26. The van der Waals surface area contributed by atoms with E-state index in [-0.39, 0.29) is 0 Å². The molecule has 16 heavy (non-hydrogen) atoms. The van der Waals surface area contributed by atoms with Crippen molar-refractivity contribution in [2.24, 2.45) is 0 Å². The molecule has 78 valence electrons. The van der Waals surface area contributed by atoms with Gasteiger partial charge < -0.3 is 0 Å². The van der Waals surface area contributed by atoms with E-state index in [0.29, 0.717) is 0 Å². The molecule has 0 aliphatic carbocycles. The molecule has 0 unspecified atom stereocenters. The highest BCUT2D eigenvalue weighted by Crippen LogP contribution is 2.25. The molecule has 0 fully saturated rings. The number of hydrogen-bond donors (Lipinski definition) is 0. The van der Waals surface area contributed by atoms with Crippen LogP contribution in [0.25, 0.3) is 22.0 Å². The average molecular weight is 319 g/mol. The fourth-order valence-corrected chi connectivity index (χ4v) is 2.52. The molecule has 0 saturated carbocycles. The molecule has 1 heterocycles. The summed E-state index contributed by atoms with van der Waals surface area (Å²) in [7, 11) is 0. The second kappa shape index (κ2) is 3.94. The molecular weight excluding hydrogens is 309 g/mol. The Hall–Kier alpha value is -1.29. The standard InChI is InChI=1S/C14H10IN/c15-16-9-8-13-10-12(6-7-14(13)16)11-4-2-1-3-5-11/h1-10H. The summed E-state index contributed by atoms with van der Waals surface area (Å²) in [6.07, 6.45) is 2.08. The van der Waals surface area contributed by atoms with E-state index in [1.165, 1.54) is 22.0 Å². The lowest BCUT2D eigenvalue weighted by atomic mass is 10.0. The Morgan fingerprint density at radius 2 is 1.62 bits per heavy atom. The van der Waals surface area contributed by atoms with Crippen LogP contribution in [0.4, 0.5) is 0 Å². The van der Waals surface area contributed by atoms with Gasteiger partial charge in [0.2, 0.25) is 0 Å². The third-order valence-electron chi connectivity index (χ3n) is 2.75. The first-order valence-electron chi connectivity index (χ1n) is 5.17. The topological polar surface area (TPSA) is 4.93 Å². The van der Waals surface area contributed by atoms with Gasteiger partial charge in [-0.25, -0.2) is 0 Å². The summed E-state index contributed by atoms with van der Waals surface area (Å²) in [6.45, 7) is 0. The Morgan fingerprint density at radius 1 is 0.812 bits per heavy atom. The van der Waals surface area contributed by atoms with Gasteiger partial charge in [0.15, 0.2) is 0 Å². The lowest BCUT2D eigenvalue weighted by molar-refractivity contribution is 1.42. The monoisotopic (exact) mass is 319 g/mol. The number of rotatable bonds is 1. The van der Waals surface area contributed by atoms with Crippen LogP contribution in [-0.2, 0) is 0 Å². The predicted octanol–water partition coefficient (Wildman–Crippen LogP) is 4.51. The van der Waals surface area contributed by atoms with E-state index in [2.05, 4.69) is 80.4 Å². The van der Waals surface area contributed by atoms with E-state index in [0.717, 1.165) is 0 Å². The van der Waals surface area contributed by atoms with Crippen molar-refractivity contribution >= 4 is 33.8 Å². The number of benzene rings is 2. The Morgan fingerprint density at radius 3 is 2.44 bits per heavy atom. The van der Waals surface area contributed by atoms with Crippen molar-refractivity contribution in [1.29, 1.82) is 0 Å². The smallest absolute Gasteiger partial charge is 0.0640 e. The van der Waals surface area contributed by atoms with E-state index < -0.39 is 0 Å². The number of hydrogen-bond acceptors (Lipinski definition) is 0. The number of halogens is 1. The molecule has 0 bridgehead atoms. The zero-order valence-electron chi connectivity index (χ0n) is 8.60. The van der Waals surface area contributed by atoms with Crippen LogP contribution in [0.2, 0.25) is 0 Å². The summed E-state index contributed by atoms with van der Waals surface area (Å²) < 4.78 is 2.11. The first-order chi connectivity index (χ1) is 7.84. The second-order valence-corrected chi connectivity index (χ2v) is 4.81. The van der Waals surface area contributed by atoms with Crippen LogP contribution in [0.1, 0.15) is 0 Å². The molecule has 0 saturated heterocycles. The largest absolute Gasteiger partial charge is 0.290 e. The molecule has 3 rings (SSSR count). The first-order valence-corrected chi connectivity index (χ1v) is 6.14. The van der Waals surface area contributed by atoms with E-state index >= 15 is 0 Å². The van der Waals surface area contributed by atoms with Gasteiger partial charge in [0.25, 0.3) is 0 Å². The SMILES string of the molecule is In1ccc2cc(-c3ccccc3)ccc21. The second-order valence-electron chi connectivity index (χ2n) is 3.77. The Balaban J connectivity index is 2.19. The normalized spacial score (nSPS) is 10.8. The molecule has 2 heteroatoms. The van der Waals surface area contributed by atoms with Crippen molar-refractivity contribution in [3.63, 3.8) is 0 Å². The fraction of sp³-hybridized carbons (Fsp3) is 0. The Kier molecular flexibility index (Phi) is 2.44. The zero-order valence-corrected chi connectivity index (χ0v) is 10.8. The van der Waals surface area contributed by atoms with Crippen molar-refractivity contribution in [3.8, 4) is 11.1 Å². The van der Waals surface area contributed by atoms with Gasteiger partial charge in [-0.05, 0) is 29.3 Å². The highest BCUT2D eigenvalue weighted by molar-refractivity contribution is 14.1. The summed E-state index contributed by atoms with van der Waals surface area (Å²) in [5.41, 5.74) is 3.81. The summed E-state index contributed by atoms with van der Waals surface area (Å²) in [6, 6.07) is 19.2. The van der Waals surface area contributed by atoms with E-state index in [1.54, 1.807) is 0 Å². The van der Waals surface area contributed by atoms with E-state index in [9.17, 15) is 0 Å². The Bertz CT molecular complexity index is 626. The van der Waals surface area contributed by atoms with Crippen LogP contribution >= 0.6 is 22.9 Å². The van der Waals surface area contributed by atoms with Crippen LogP contribution in [0, 0.1) is 0 Å². The minimum Gasteiger partial charge on any atom is -0.290 e. The van der Waals surface area contributed by atoms with E-state index in [4.69, 9.17) is 0 Å². The van der Waals surface area contributed by atoms with Crippen molar-refractivity contribution in [2.45, 2.75) is 0 Å². The maximum Gasteiger partial charge on any atom is 0.0640 e. The molecule has 0 aliphatic rings. The number of fused-ring (bicyclic) bond motifs is 1. The molecule has 0 atom stereocenters. The van der Waals surface area contributed by atoms with Crippen LogP contribution in [-0.4, -0.2) is 2.78 Å². The fourth-order valence-electron chi connectivity index (χ4n) is 1.92. The summed E-state index contributed by atoms with van der Waals surface area (Å²) in [5, 5.41) is 1.29. The summed E-state index contributed by atoms with van der Waals surface area (Å²) in [5.74, 6) is 0. The van der Waals surface area contributed by atoms with Crippen LogP contribution < -0.4 is 0 Å². The molecule has 0 amide bonds. The van der Waals surface area contributed by atoms with Gasteiger partial charge in [-0.2, -0.15) is 0 Å². The molecule has 3 aromatic rings. The van der Waals surface area contributed by atoms with Gasteiger partial charge in [0, 0.05) is 11.6 Å². The van der Waals surface area contributed by atoms with Crippen LogP contribution in [0.15, 0.2) is 60.8 Å². The van der Waals surface area contributed by atoms with Crippen LogP contribution in [0.3, 0.4) is 0 Å². The molecule has 0 radical (unpaired) electrons. The summed E-state index contributed by atoms with van der Waals surface area (Å²) in [4.78, 5) is 0. The maximum atomic E-state index is 2.30. The molecule has 0 aliphatic heterocycles. The average Bonchev–Trinajstić information content (AvgIpc) is 2.72. The quantitative estimate of drug-likeness (QED) is 0.582. The van der Waals surface area contributed by atoms with Crippen molar-refractivity contribution in [2.75, 3.05) is 0 Å². The molecular formula is C14H10IN. The van der Waals surface area contributed by atoms with Gasteiger partial charge in [0.05, 0.1) is 28.4 Å². The van der Waals surface area contributed by atoms with Gasteiger partial charge in [-0.1, -0.05) is 36.4 Å². The Labute approximate surface area is 108 Å². The molecule has 1 nitrogen and oxygen atoms in total. The first kappa shape index (κ1) is 9.90. The lowest BCUT2D eigenvalue weighted by Gasteiger charge is -2.02. The minimum absolute atomic E-state index is 1.26. The van der Waals surface area contributed by atoms with Gasteiger partial charge in [-0.3, -0.25) is 2.78 Å². The highest BCUT2D eigenvalue weighted by atomic mass is 127. The van der Waals surface area contributed by atoms with E-state index in [1.807, 2.05) is 6.07 Å². The summed E-state index contributed by atoms with van der Waals surface area (Å²) >= 11 is 2.30. The van der Waals surface area contributed by atoms with Crippen molar-refractivity contribution in [3.05, 3.63) is 60.8 Å². The zero-order chi connectivity index (χ0) is 11.0. The molecule has 0 spiro atoms. The van der Waals surface area contributed by atoms with Gasteiger partial charge in [-0.15, -0.1) is 0 Å². The van der Waals surface area contributed by atoms with Crippen molar-refractivity contribution in [1.82, 2.24) is 2.78 Å². The molecule has 2 aromatic carbocycles. The number of nitrogens with zero attached hydrogens (tertiary/aromatic N) is 1. The number of aromatic nitrogens is 1. The highest BCUT2D eigenvalue weighted by Gasteiger charge is 2.01. The van der Waals surface area contributed by atoms with Crippen LogP contribution in [0.5, 0.6) is 0 Å². The maximum absolute atomic E-state index is 2.30. The lowest BCUT2D eigenvalue weighted by Crippen LogP contribution is -1.78. The van der Waals surface area contributed by atoms with Gasteiger partial charge >= 0.3 is 0 Å². The predicted molar refractivity (Wildman–Crippen MR) is 76.8 cm³/mol. The van der Waals surface area contributed by atoms with Gasteiger partial charge in [0.1, 0.15) is 0 Å².